The van der Waals surface area contributed by atoms with Gasteiger partial charge >= 0.3 is 0 Å². The number of nitrogens with two attached hydrogens (primary N) is 1. The van der Waals surface area contributed by atoms with Gasteiger partial charge in [-0.05, 0) is 29.3 Å². The quantitative estimate of drug-likeness (QED) is 0.758. The number of nitriles is 1. The Morgan fingerprint density at radius 2 is 2.00 bits per heavy atom. The largest absolute Gasteiger partial charge is 0.384 e. The fourth-order valence-electron chi connectivity index (χ4n) is 1.45. The minimum atomic E-state index is 0.459. The summed E-state index contributed by atoms with van der Waals surface area (Å²) in [5.41, 5.74) is 8.03. The molecule has 0 saturated heterocycles. The van der Waals surface area contributed by atoms with E-state index in [2.05, 4.69) is 11.1 Å². The van der Waals surface area contributed by atoms with Crippen LogP contribution in [0.15, 0.2) is 42.6 Å². The third-order valence-electron chi connectivity index (χ3n) is 2.14. The molecule has 0 radical (unpaired) electrons. The van der Waals surface area contributed by atoms with Gasteiger partial charge in [0, 0.05) is 6.20 Å². The average Bonchev–Trinajstić information content (AvgIpc) is 2.29. The summed E-state index contributed by atoms with van der Waals surface area (Å²) in [5.74, 6) is 0.459. The van der Waals surface area contributed by atoms with Crippen LogP contribution in [0.3, 0.4) is 0 Å². The second kappa shape index (κ2) is 3.81. The van der Waals surface area contributed by atoms with Gasteiger partial charge < -0.3 is 5.73 Å². The van der Waals surface area contributed by atoms with Crippen molar-refractivity contribution in [1.82, 2.24) is 4.98 Å². The Bertz CT molecular complexity index is 526. The maximum Gasteiger partial charge on any atom is 0.123 e. The summed E-state index contributed by atoms with van der Waals surface area (Å²) in [5, 5.41) is 8.95. The predicted molar refractivity (Wildman–Crippen MR) is 58.8 cm³/mol. The fraction of sp³-hybridized carbons (Fsp3) is 0. The number of hydrogen-bond acceptors (Lipinski definition) is 3. The van der Waals surface area contributed by atoms with Gasteiger partial charge in [0.1, 0.15) is 5.82 Å². The molecule has 0 aliphatic heterocycles. The first-order valence-electron chi connectivity index (χ1n) is 4.52. The summed E-state index contributed by atoms with van der Waals surface area (Å²) in [6.45, 7) is 0. The Hall–Kier alpha value is -2.34. The number of pyridine rings is 1. The summed E-state index contributed by atoms with van der Waals surface area (Å²) in [7, 11) is 0. The van der Waals surface area contributed by atoms with E-state index >= 15 is 0 Å². The Kier molecular flexibility index (Phi) is 2.34. The molecule has 3 heteroatoms. The number of rotatable bonds is 1. The lowest BCUT2D eigenvalue weighted by Crippen LogP contribution is -1.90. The Morgan fingerprint density at radius 1 is 1.20 bits per heavy atom. The van der Waals surface area contributed by atoms with Crippen LogP contribution in [0.5, 0.6) is 0 Å². The van der Waals surface area contributed by atoms with Crippen LogP contribution >= 0.6 is 0 Å². The van der Waals surface area contributed by atoms with Crippen LogP contribution in [-0.4, -0.2) is 4.98 Å². The summed E-state index contributed by atoms with van der Waals surface area (Å²) in [6.07, 6.45) is 1.64. The van der Waals surface area contributed by atoms with Crippen molar-refractivity contribution in [3.63, 3.8) is 0 Å². The molecule has 1 heterocycles. The molecule has 1 aromatic carbocycles. The molecule has 0 amide bonds. The fourth-order valence-corrected chi connectivity index (χ4v) is 1.45. The van der Waals surface area contributed by atoms with E-state index in [1.165, 1.54) is 0 Å². The molecule has 0 saturated carbocycles. The molecule has 72 valence electrons. The minimum absolute atomic E-state index is 0.459. The van der Waals surface area contributed by atoms with Gasteiger partial charge in [0.2, 0.25) is 0 Å². The zero-order valence-corrected chi connectivity index (χ0v) is 8.01. The van der Waals surface area contributed by atoms with Crippen LogP contribution in [0.4, 0.5) is 5.82 Å². The molecule has 0 unspecified atom stereocenters. The van der Waals surface area contributed by atoms with Crippen molar-refractivity contribution in [3.8, 4) is 17.2 Å². The third-order valence-corrected chi connectivity index (χ3v) is 2.14. The van der Waals surface area contributed by atoms with Gasteiger partial charge in [-0.25, -0.2) is 4.98 Å². The lowest BCUT2D eigenvalue weighted by Gasteiger charge is -2.03. The highest BCUT2D eigenvalue weighted by atomic mass is 14.8. The van der Waals surface area contributed by atoms with Crippen molar-refractivity contribution in [2.24, 2.45) is 0 Å². The van der Waals surface area contributed by atoms with Crippen LogP contribution in [-0.2, 0) is 0 Å². The van der Waals surface area contributed by atoms with Crippen molar-refractivity contribution in [1.29, 1.82) is 5.26 Å². The first kappa shape index (κ1) is 9.22. The van der Waals surface area contributed by atoms with Gasteiger partial charge in [0.05, 0.1) is 11.6 Å². The predicted octanol–water partition coefficient (Wildman–Crippen LogP) is 2.20. The first-order valence-corrected chi connectivity index (χ1v) is 4.52. The minimum Gasteiger partial charge on any atom is -0.384 e. The molecule has 1 aromatic heterocycles. The highest BCUT2D eigenvalue weighted by molar-refractivity contribution is 5.71. The summed E-state index contributed by atoms with van der Waals surface area (Å²) < 4.78 is 0. The molecule has 2 rings (SSSR count). The maximum atomic E-state index is 8.95. The molecule has 0 aliphatic carbocycles. The molecule has 0 spiro atoms. The van der Waals surface area contributed by atoms with E-state index in [4.69, 9.17) is 11.0 Å². The highest BCUT2D eigenvalue weighted by Gasteiger charge is 2.03. The van der Waals surface area contributed by atoms with Crippen molar-refractivity contribution in [3.05, 3.63) is 48.2 Å². The van der Waals surface area contributed by atoms with Crippen molar-refractivity contribution in [2.45, 2.75) is 0 Å². The van der Waals surface area contributed by atoms with Crippen LogP contribution in [0, 0.1) is 11.3 Å². The standard InChI is InChI=1S/C12H9N3/c13-8-10-3-1-2-4-11(10)9-5-6-15-12(14)7-9/h1-7H,(H2,14,15). The molecule has 0 atom stereocenters. The number of anilines is 1. The summed E-state index contributed by atoms with van der Waals surface area (Å²) in [4.78, 5) is 3.92. The number of benzene rings is 1. The molecule has 2 aromatic rings. The molecule has 0 fully saturated rings. The van der Waals surface area contributed by atoms with Crippen molar-refractivity contribution in [2.75, 3.05) is 5.73 Å². The lowest BCUT2D eigenvalue weighted by atomic mass is 10.0. The second-order valence-electron chi connectivity index (χ2n) is 3.13. The lowest BCUT2D eigenvalue weighted by molar-refractivity contribution is 1.33. The van der Waals surface area contributed by atoms with Crippen molar-refractivity contribution < 1.29 is 0 Å². The van der Waals surface area contributed by atoms with Crippen LogP contribution in [0.1, 0.15) is 5.56 Å². The van der Waals surface area contributed by atoms with E-state index in [-0.39, 0.29) is 0 Å². The Morgan fingerprint density at radius 3 is 2.73 bits per heavy atom. The van der Waals surface area contributed by atoms with Crippen LogP contribution in [0.25, 0.3) is 11.1 Å². The zero-order valence-electron chi connectivity index (χ0n) is 8.01. The van der Waals surface area contributed by atoms with Crippen LogP contribution in [0.2, 0.25) is 0 Å². The van der Waals surface area contributed by atoms with E-state index in [9.17, 15) is 0 Å². The smallest absolute Gasteiger partial charge is 0.123 e. The van der Waals surface area contributed by atoms with Gasteiger partial charge in [0.25, 0.3) is 0 Å². The van der Waals surface area contributed by atoms with Gasteiger partial charge in [-0.3, -0.25) is 0 Å². The summed E-state index contributed by atoms with van der Waals surface area (Å²) >= 11 is 0. The van der Waals surface area contributed by atoms with E-state index in [0.29, 0.717) is 11.4 Å². The monoisotopic (exact) mass is 195 g/mol. The van der Waals surface area contributed by atoms with E-state index < -0.39 is 0 Å². The maximum absolute atomic E-state index is 8.95. The van der Waals surface area contributed by atoms with Gasteiger partial charge in [-0.1, -0.05) is 18.2 Å². The van der Waals surface area contributed by atoms with Gasteiger partial charge in [-0.15, -0.1) is 0 Å². The van der Waals surface area contributed by atoms with Gasteiger partial charge in [-0.2, -0.15) is 5.26 Å². The molecular weight excluding hydrogens is 186 g/mol. The highest BCUT2D eigenvalue weighted by Crippen LogP contribution is 2.23. The molecular formula is C12H9N3. The van der Waals surface area contributed by atoms with Crippen molar-refractivity contribution >= 4 is 5.82 Å². The first-order chi connectivity index (χ1) is 7.31. The molecule has 2 N–H and O–H groups in total. The SMILES string of the molecule is N#Cc1ccccc1-c1ccnc(N)c1. The van der Waals surface area contributed by atoms with Crippen LogP contribution < -0.4 is 5.73 Å². The topological polar surface area (TPSA) is 62.7 Å². The molecule has 3 nitrogen and oxygen atoms in total. The summed E-state index contributed by atoms with van der Waals surface area (Å²) in [6, 6.07) is 13.2. The van der Waals surface area contributed by atoms with E-state index in [0.717, 1.165) is 11.1 Å². The second-order valence-corrected chi connectivity index (χ2v) is 3.13. The molecule has 0 bridgehead atoms. The number of nitrogens with zero attached hydrogens (tertiary/aromatic N) is 2. The number of aromatic nitrogens is 1. The molecule has 15 heavy (non-hydrogen) atoms. The number of nitrogen functional groups attached to an aromatic ring is 1. The Labute approximate surface area is 87.8 Å². The zero-order chi connectivity index (χ0) is 10.7. The normalized spacial score (nSPS) is 9.53. The van der Waals surface area contributed by atoms with Gasteiger partial charge in [0.15, 0.2) is 0 Å². The Balaban J connectivity index is 2.60. The average molecular weight is 195 g/mol. The molecule has 0 aliphatic rings. The van der Waals surface area contributed by atoms with E-state index in [1.54, 1.807) is 18.3 Å². The third kappa shape index (κ3) is 1.79. The van der Waals surface area contributed by atoms with E-state index in [1.807, 2.05) is 24.3 Å². The number of hydrogen-bond donors (Lipinski definition) is 1.